The maximum absolute atomic E-state index is 11.8. The first-order chi connectivity index (χ1) is 8.99. The van der Waals surface area contributed by atoms with Gasteiger partial charge in [0.15, 0.2) is 6.10 Å². The first-order valence-corrected chi connectivity index (χ1v) is 6.83. The van der Waals surface area contributed by atoms with E-state index in [1.807, 2.05) is 18.2 Å². The number of aliphatic hydroxyl groups is 1. The summed E-state index contributed by atoms with van der Waals surface area (Å²) >= 11 is 0. The topological polar surface area (TPSA) is 43.8 Å². The molecule has 1 fully saturated rings. The number of aliphatic hydroxyl groups excluding tert-OH is 1. The fourth-order valence-corrected chi connectivity index (χ4v) is 3.03. The van der Waals surface area contributed by atoms with E-state index in [2.05, 4.69) is 18.7 Å². The minimum Gasteiger partial charge on any atom is -0.378 e. The smallest absolute Gasteiger partial charge is 0.260 e. The second kappa shape index (κ2) is 4.23. The van der Waals surface area contributed by atoms with Crippen LogP contribution in [0, 0.1) is 11.8 Å². The van der Waals surface area contributed by atoms with Crippen molar-refractivity contribution in [3.8, 4) is 0 Å². The summed E-state index contributed by atoms with van der Waals surface area (Å²) in [6.07, 6.45) is -0.995. The van der Waals surface area contributed by atoms with Crippen LogP contribution < -0.4 is 9.80 Å². The van der Waals surface area contributed by atoms with Gasteiger partial charge in [0.25, 0.3) is 5.91 Å². The van der Waals surface area contributed by atoms with Crippen molar-refractivity contribution in [1.29, 1.82) is 0 Å². The molecule has 4 nitrogen and oxygen atoms in total. The van der Waals surface area contributed by atoms with Crippen molar-refractivity contribution < 1.29 is 9.90 Å². The van der Waals surface area contributed by atoms with E-state index >= 15 is 0 Å². The van der Waals surface area contributed by atoms with Crippen molar-refractivity contribution in [2.45, 2.75) is 20.0 Å². The van der Waals surface area contributed by atoms with Crippen LogP contribution in [0.1, 0.15) is 25.5 Å². The number of benzene rings is 1. The van der Waals surface area contributed by atoms with Crippen molar-refractivity contribution in [2.24, 2.45) is 11.8 Å². The number of amides is 1. The van der Waals surface area contributed by atoms with Crippen LogP contribution in [0.5, 0.6) is 0 Å². The number of hydrogen-bond acceptors (Lipinski definition) is 3. The van der Waals surface area contributed by atoms with Gasteiger partial charge < -0.3 is 14.9 Å². The van der Waals surface area contributed by atoms with Gasteiger partial charge in [0, 0.05) is 31.4 Å². The van der Waals surface area contributed by atoms with Gasteiger partial charge in [-0.05, 0) is 24.0 Å². The number of carbonyl (C=O) groups is 1. The van der Waals surface area contributed by atoms with Gasteiger partial charge in [-0.1, -0.05) is 19.9 Å². The molecular formula is C15H20N2O2. The molecule has 3 rings (SSSR count). The molecule has 1 aromatic carbocycles. The zero-order chi connectivity index (χ0) is 13.7. The van der Waals surface area contributed by atoms with Gasteiger partial charge in [0.05, 0.1) is 5.69 Å². The third-order valence-electron chi connectivity index (χ3n) is 4.59. The fraction of sp³-hybridized carbons (Fsp3) is 0.533. The summed E-state index contributed by atoms with van der Waals surface area (Å²) in [4.78, 5) is 15.7. The van der Waals surface area contributed by atoms with Gasteiger partial charge in [-0.3, -0.25) is 4.79 Å². The van der Waals surface area contributed by atoms with Crippen molar-refractivity contribution in [1.82, 2.24) is 0 Å². The molecular weight excluding hydrogens is 240 g/mol. The first kappa shape index (κ1) is 12.5. The largest absolute Gasteiger partial charge is 0.378 e. The van der Waals surface area contributed by atoms with Gasteiger partial charge in [0.1, 0.15) is 0 Å². The number of fused-ring (bicyclic) bond motifs is 1. The SMILES string of the molecule is CC1CN(c2ccc3c(c2)N(C)C(=O)C3O)CC1C. The monoisotopic (exact) mass is 260 g/mol. The molecule has 0 spiro atoms. The number of likely N-dealkylation sites (N-methyl/N-ethyl adjacent to an activating group) is 1. The van der Waals surface area contributed by atoms with E-state index in [9.17, 15) is 9.90 Å². The van der Waals surface area contributed by atoms with E-state index in [0.717, 1.165) is 30.0 Å². The van der Waals surface area contributed by atoms with Gasteiger partial charge in [-0.15, -0.1) is 0 Å². The van der Waals surface area contributed by atoms with Gasteiger partial charge in [-0.25, -0.2) is 0 Å². The van der Waals surface area contributed by atoms with Crippen LogP contribution in [0.15, 0.2) is 18.2 Å². The highest BCUT2D eigenvalue weighted by Gasteiger charge is 2.34. The summed E-state index contributed by atoms with van der Waals surface area (Å²) in [5, 5.41) is 9.86. The molecule has 1 saturated heterocycles. The molecule has 1 amide bonds. The fourth-order valence-electron chi connectivity index (χ4n) is 3.03. The first-order valence-electron chi connectivity index (χ1n) is 6.83. The normalized spacial score (nSPS) is 30.1. The highest BCUT2D eigenvalue weighted by Crippen LogP contribution is 2.38. The molecule has 102 valence electrons. The zero-order valence-corrected chi connectivity index (χ0v) is 11.6. The predicted molar refractivity (Wildman–Crippen MR) is 75.4 cm³/mol. The van der Waals surface area contributed by atoms with E-state index < -0.39 is 6.10 Å². The number of rotatable bonds is 1. The maximum atomic E-state index is 11.8. The molecule has 0 bridgehead atoms. The average Bonchev–Trinajstić information content (AvgIpc) is 2.84. The molecule has 3 atom stereocenters. The van der Waals surface area contributed by atoms with Gasteiger partial charge in [0.2, 0.25) is 0 Å². The average molecular weight is 260 g/mol. The Hall–Kier alpha value is -1.55. The van der Waals surface area contributed by atoms with Crippen LogP contribution in [-0.4, -0.2) is 31.2 Å². The molecule has 2 aliphatic heterocycles. The summed E-state index contributed by atoms with van der Waals surface area (Å²) in [5.74, 6) is 1.15. The molecule has 3 unspecified atom stereocenters. The van der Waals surface area contributed by atoms with E-state index in [1.165, 1.54) is 0 Å². The van der Waals surface area contributed by atoms with E-state index in [4.69, 9.17) is 0 Å². The van der Waals surface area contributed by atoms with E-state index in [-0.39, 0.29) is 5.91 Å². The Morgan fingerprint density at radius 2 is 1.84 bits per heavy atom. The Kier molecular flexibility index (Phi) is 2.78. The Balaban J connectivity index is 1.93. The maximum Gasteiger partial charge on any atom is 0.260 e. The van der Waals surface area contributed by atoms with E-state index in [0.29, 0.717) is 11.8 Å². The quantitative estimate of drug-likeness (QED) is 0.837. The highest BCUT2D eigenvalue weighted by molar-refractivity contribution is 6.03. The Morgan fingerprint density at radius 3 is 2.47 bits per heavy atom. The third-order valence-corrected chi connectivity index (χ3v) is 4.59. The summed E-state index contributed by atoms with van der Waals surface area (Å²) < 4.78 is 0. The van der Waals surface area contributed by atoms with Crippen LogP contribution in [0.2, 0.25) is 0 Å². The minimum atomic E-state index is -0.995. The number of hydrogen-bond donors (Lipinski definition) is 1. The molecule has 4 heteroatoms. The molecule has 0 aliphatic carbocycles. The summed E-state index contributed by atoms with van der Waals surface area (Å²) in [6, 6.07) is 5.91. The molecule has 2 heterocycles. The second-order valence-electron chi connectivity index (χ2n) is 5.90. The van der Waals surface area contributed by atoms with Gasteiger partial charge >= 0.3 is 0 Å². The second-order valence-corrected chi connectivity index (χ2v) is 5.90. The Labute approximate surface area is 113 Å². The van der Waals surface area contributed by atoms with Crippen molar-refractivity contribution >= 4 is 17.3 Å². The molecule has 0 radical (unpaired) electrons. The molecule has 0 saturated carbocycles. The zero-order valence-electron chi connectivity index (χ0n) is 11.6. The van der Waals surface area contributed by atoms with Crippen molar-refractivity contribution in [3.63, 3.8) is 0 Å². The Bertz CT molecular complexity index is 519. The van der Waals surface area contributed by atoms with Gasteiger partial charge in [-0.2, -0.15) is 0 Å². The number of carbonyl (C=O) groups excluding carboxylic acids is 1. The predicted octanol–water partition coefficient (Wildman–Crippen LogP) is 1.79. The molecule has 1 aromatic rings. The lowest BCUT2D eigenvalue weighted by Crippen LogP contribution is -2.24. The molecule has 19 heavy (non-hydrogen) atoms. The Morgan fingerprint density at radius 1 is 1.21 bits per heavy atom. The number of nitrogens with zero attached hydrogens (tertiary/aromatic N) is 2. The lowest BCUT2D eigenvalue weighted by Gasteiger charge is -2.20. The van der Waals surface area contributed by atoms with Crippen LogP contribution in [0.3, 0.4) is 0 Å². The summed E-state index contributed by atoms with van der Waals surface area (Å²) in [6.45, 7) is 6.66. The lowest BCUT2D eigenvalue weighted by atomic mass is 10.0. The lowest BCUT2D eigenvalue weighted by molar-refractivity contribution is -0.125. The summed E-state index contributed by atoms with van der Waals surface area (Å²) in [5.41, 5.74) is 2.70. The standard InChI is InChI=1S/C15H20N2O2/c1-9-7-17(8-10(9)2)11-4-5-12-13(6-11)16(3)15(19)14(12)18/h4-6,9-10,14,18H,7-8H2,1-3H3. The minimum absolute atomic E-state index is 0.240. The van der Waals surface area contributed by atoms with Crippen LogP contribution in [0.4, 0.5) is 11.4 Å². The molecule has 2 aliphatic rings. The van der Waals surface area contributed by atoms with Crippen LogP contribution in [-0.2, 0) is 4.79 Å². The summed E-state index contributed by atoms with van der Waals surface area (Å²) in [7, 11) is 1.72. The molecule has 0 aromatic heterocycles. The van der Waals surface area contributed by atoms with Crippen molar-refractivity contribution in [3.05, 3.63) is 23.8 Å². The highest BCUT2D eigenvalue weighted by atomic mass is 16.3. The third kappa shape index (κ3) is 1.82. The molecule has 1 N–H and O–H groups in total. The van der Waals surface area contributed by atoms with E-state index in [1.54, 1.807) is 11.9 Å². The van der Waals surface area contributed by atoms with Crippen LogP contribution >= 0.6 is 0 Å². The number of anilines is 2. The van der Waals surface area contributed by atoms with Crippen LogP contribution in [0.25, 0.3) is 0 Å². The van der Waals surface area contributed by atoms with Crippen molar-refractivity contribution in [2.75, 3.05) is 29.9 Å².